The molecule has 1 N–H and O–H groups in total. The molecule has 30 heavy (non-hydrogen) atoms. The Morgan fingerprint density at radius 2 is 1.53 bits per heavy atom. The molecule has 3 aromatic rings. The topological polar surface area (TPSA) is 39.7 Å². The summed E-state index contributed by atoms with van der Waals surface area (Å²) in [5.41, 5.74) is 4.60. The summed E-state index contributed by atoms with van der Waals surface area (Å²) in [5, 5.41) is 3.48. The molecule has 4 nitrogen and oxygen atoms in total. The third-order valence-electron chi connectivity index (χ3n) is 4.75. The van der Waals surface area contributed by atoms with Crippen molar-refractivity contribution in [3.8, 4) is 17.2 Å². The molecule has 0 unspecified atom stereocenters. The molecule has 158 valence electrons. The Kier molecular flexibility index (Phi) is 8.17. The van der Waals surface area contributed by atoms with Crippen LogP contribution >= 0.6 is 15.9 Å². The Labute approximate surface area is 187 Å². The van der Waals surface area contributed by atoms with Gasteiger partial charge in [-0.05, 0) is 43.2 Å². The van der Waals surface area contributed by atoms with Gasteiger partial charge in [0.25, 0.3) is 0 Å². The van der Waals surface area contributed by atoms with Crippen molar-refractivity contribution in [2.24, 2.45) is 0 Å². The number of hydrogen-bond acceptors (Lipinski definition) is 4. The van der Waals surface area contributed by atoms with Gasteiger partial charge in [-0.15, -0.1) is 0 Å². The minimum Gasteiger partial charge on any atom is -0.496 e. The zero-order valence-corrected chi connectivity index (χ0v) is 19.3. The summed E-state index contributed by atoms with van der Waals surface area (Å²) in [4.78, 5) is 0. The van der Waals surface area contributed by atoms with Crippen molar-refractivity contribution in [1.82, 2.24) is 5.32 Å². The number of ether oxygens (including phenoxy) is 3. The first-order valence-corrected chi connectivity index (χ1v) is 10.9. The van der Waals surface area contributed by atoms with E-state index in [4.69, 9.17) is 14.2 Å². The maximum atomic E-state index is 6.06. The molecule has 0 heterocycles. The molecule has 0 aliphatic rings. The van der Waals surface area contributed by atoms with Crippen molar-refractivity contribution in [3.63, 3.8) is 0 Å². The van der Waals surface area contributed by atoms with Gasteiger partial charge in [-0.25, -0.2) is 0 Å². The summed E-state index contributed by atoms with van der Waals surface area (Å²) in [6.07, 6.45) is 0. The van der Waals surface area contributed by atoms with Gasteiger partial charge in [0, 0.05) is 23.1 Å². The van der Waals surface area contributed by atoms with Gasteiger partial charge in [0.2, 0.25) is 0 Å². The monoisotopic (exact) mass is 469 g/mol. The van der Waals surface area contributed by atoms with Crippen LogP contribution in [0.5, 0.6) is 17.2 Å². The van der Waals surface area contributed by atoms with E-state index in [2.05, 4.69) is 58.5 Å². The van der Waals surface area contributed by atoms with E-state index in [0.717, 1.165) is 38.4 Å². The average Bonchev–Trinajstić information content (AvgIpc) is 2.76. The van der Waals surface area contributed by atoms with Gasteiger partial charge in [0.05, 0.1) is 13.7 Å². The Balaban J connectivity index is 1.68. The van der Waals surface area contributed by atoms with Crippen molar-refractivity contribution >= 4 is 15.9 Å². The molecule has 0 saturated carbocycles. The maximum absolute atomic E-state index is 6.06. The molecule has 5 heteroatoms. The lowest BCUT2D eigenvalue weighted by atomic mass is 10.1. The number of nitrogens with one attached hydrogen (secondary N) is 1. The minimum absolute atomic E-state index is 0.498. The second kappa shape index (κ2) is 11.0. The molecule has 0 saturated heterocycles. The molecular formula is C25H28BrNO3. The summed E-state index contributed by atoms with van der Waals surface area (Å²) in [6.45, 7) is 6.54. The number of methoxy groups -OCH3 is 1. The maximum Gasteiger partial charge on any atom is 0.162 e. The first-order valence-electron chi connectivity index (χ1n) is 10.1. The van der Waals surface area contributed by atoms with Gasteiger partial charge < -0.3 is 19.5 Å². The highest BCUT2D eigenvalue weighted by molar-refractivity contribution is 9.10. The second-order valence-electron chi connectivity index (χ2n) is 7.01. The zero-order valence-electron chi connectivity index (χ0n) is 17.7. The fourth-order valence-electron chi connectivity index (χ4n) is 3.12. The minimum atomic E-state index is 0.498. The fourth-order valence-corrected chi connectivity index (χ4v) is 3.58. The molecule has 0 amide bonds. The standard InChI is InChI=1S/C25H28BrNO3/c1-4-29-24-13-21(16-27-15-20-7-5-6-8-23(20)28-3)22(26)14-25(24)30-17-19-11-9-18(2)10-12-19/h5-14,27H,4,15-17H2,1-3H3. The summed E-state index contributed by atoms with van der Waals surface area (Å²) < 4.78 is 18.3. The summed E-state index contributed by atoms with van der Waals surface area (Å²) in [6, 6.07) is 20.4. The Morgan fingerprint density at radius 1 is 0.833 bits per heavy atom. The normalized spacial score (nSPS) is 10.7. The van der Waals surface area contributed by atoms with Crippen LogP contribution in [0.4, 0.5) is 0 Å². The summed E-state index contributed by atoms with van der Waals surface area (Å²) in [5.74, 6) is 2.37. The lowest BCUT2D eigenvalue weighted by Crippen LogP contribution is -2.14. The molecule has 3 aromatic carbocycles. The molecule has 0 aromatic heterocycles. The van der Waals surface area contributed by atoms with Crippen molar-refractivity contribution < 1.29 is 14.2 Å². The Morgan fingerprint density at radius 3 is 2.27 bits per heavy atom. The highest BCUT2D eigenvalue weighted by Crippen LogP contribution is 2.34. The highest BCUT2D eigenvalue weighted by atomic mass is 79.9. The van der Waals surface area contributed by atoms with Gasteiger partial charge in [-0.2, -0.15) is 0 Å². The molecule has 3 rings (SSSR count). The number of rotatable bonds is 10. The smallest absolute Gasteiger partial charge is 0.162 e. The van der Waals surface area contributed by atoms with Gasteiger partial charge in [0.1, 0.15) is 12.4 Å². The van der Waals surface area contributed by atoms with Gasteiger partial charge in [-0.3, -0.25) is 0 Å². The number of halogens is 1. The van der Waals surface area contributed by atoms with Crippen LogP contribution in [0.1, 0.15) is 29.2 Å². The van der Waals surface area contributed by atoms with Gasteiger partial charge in [-0.1, -0.05) is 64.0 Å². The first-order chi connectivity index (χ1) is 14.6. The van der Waals surface area contributed by atoms with Crippen LogP contribution in [-0.4, -0.2) is 13.7 Å². The zero-order chi connectivity index (χ0) is 21.3. The van der Waals surface area contributed by atoms with E-state index in [1.807, 2.05) is 37.3 Å². The second-order valence-corrected chi connectivity index (χ2v) is 7.87. The van der Waals surface area contributed by atoms with Crippen LogP contribution in [-0.2, 0) is 19.7 Å². The van der Waals surface area contributed by atoms with E-state index < -0.39 is 0 Å². The average molecular weight is 470 g/mol. The fraction of sp³-hybridized carbons (Fsp3) is 0.280. The molecule has 0 radical (unpaired) electrons. The molecule has 0 bridgehead atoms. The predicted octanol–water partition coefficient (Wildman–Crippen LogP) is 6.03. The van der Waals surface area contributed by atoms with Crippen molar-refractivity contribution in [2.75, 3.05) is 13.7 Å². The lowest BCUT2D eigenvalue weighted by molar-refractivity contribution is 0.269. The van der Waals surface area contributed by atoms with Crippen molar-refractivity contribution in [3.05, 3.63) is 87.4 Å². The Hall–Kier alpha value is -2.50. The van der Waals surface area contributed by atoms with Gasteiger partial charge >= 0.3 is 0 Å². The van der Waals surface area contributed by atoms with E-state index in [0.29, 0.717) is 26.3 Å². The molecule has 0 fully saturated rings. The van der Waals surface area contributed by atoms with Crippen LogP contribution in [0.3, 0.4) is 0 Å². The number of para-hydroxylation sites is 1. The van der Waals surface area contributed by atoms with Crippen LogP contribution in [0.15, 0.2) is 65.1 Å². The van der Waals surface area contributed by atoms with Crippen LogP contribution < -0.4 is 19.5 Å². The quantitative estimate of drug-likeness (QED) is 0.393. The molecule has 0 atom stereocenters. The van der Waals surface area contributed by atoms with E-state index in [-0.39, 0.29) is 0 Å². The van der Waals surface area contributed by atoms with E-state index in [1.165, 1.54) is 5.56 Å². The predicted molar refractivity (Wildman–Crippen MR) is 124 cm³/mol. The molecular weight excluding hydrogens is 442 g/mol. The lowest BCUT2D eigenvalue weighted by Gasteiger charge is -2.16. The summed E-state index contributed by atoms with van der Waals surface area (Å²) in [7, 11) is 1.69. The van der Waals surface area contributed by atoms with E-state index in [9.17, 15) is 0 Å². The Bertz CT molecular complexity index is 957. The van der Waals surface area contributed by atoms with Gasteiger partial charge in [0.15, 0.2) is 11.5 Å². The van der Waals surface area contributed by atoms with Crippen LogP contribution in [0.25, 0.3) is 0 Å². The van der Waals surface area contributed by atoms with Crippen LogP contribution in [0.2, 0.25) is 0 Å². The van der Waals surface area contributed by atoms with E-state index >= 15 is 0 Å². The number of benzene rings is 3. The van der Waals surface area contributed by atoms with E-state index in [1.54, 1.807) is 7.11 Å². The number of hydrogen-bond donors (Lipinski definition) is 1. The molecule has 0 aliphatic carbocycles. The largest absolute Gasteiger partial charge is 0.496 e. The SMILES string of the molecule is CCOc1cc(CNCc2ccccc2OC)c(Br)cc1OCc1ccc(C)cc1. The molecule has 0 spiro atoms. The van der Waals surface area contributed by atoms with Crippen molar-refractivity contribution in [2.45, 2.75) is 33.5 Å². The number of aryl methyl sites for hydroxylation is 1. The van der Waals surface area contributed by atoms with Crippen molar-refractivity contribution in [1.29, 1.82) is 0 Å². The van der Waals surface area contributed by atoms with Crippen LogP contribution in [0, 0.1) is 6.92 Å². The third kappa shape index (κ3) is 6.00. The summed E-state index contributed by atoms with van der Waals surface area (Å²) >= 11 is 3.68. The molecule has 0 aliphatic heterocycles. The highest BCUT2D eigenvalue weighted by Gasteiger charge is 2.12. The third-order valence-corrected chi connectivity index (χ3v) is 5.49. The first kappa shape index (κ1) is 22.2.